The van der Waals surface area contributed by atoms with Gasteiger partial charge < -0.3 is 10.6 Å². The lowest BCUT2D eigenvalue weighted by molar-refractivity contribution is -0.128. The Kier molecular flexibility index (Phi) is 8.96. The molecule has 2 aromatic carbocycles. The van der Waals surface area contributed by atoms with Gasteiger partial charge in [-0.15, -0.1) is 11.3 Å². The van der Waals surface area contributed by atoms with Crippen LogP contribution in [0.1, 0.15) is 41.7 Å². The highest BCUT2D eigenvalue weighted by Crippen LogP contribution is 2.24. The molecule has 0 bridgehead atoms. The largest absolute Gasteiger partial charge is 0.357 e. The quantitative estimate of drug-likeness (QED) is 0.289. The molecule has 11 heteroatoms. The zero-order chi connectivity index (χ0) is 25.4. The second kappa shape index (κ2) is 11.9. The Bertz CT molecular complexity index is 1240. The lowest BCUT2D eigenvalue weighted by Gasteiger charge is -2.22. The van der Waals surface area contributed by atoms with Gasteiger partial charge in [-0.25, -0.2) is 4.98 Å². The van der Waals surface area contributed by atoms with Crippen molar-refractivity contribution in [2.45, 2.75) is 45.2 Å². The number of hydrogen-bond acceptors (Lipinski definition) is 6. The van der Waals surface area contributed by atoms with Crippen molar-refractivity contribution in [3.63, 3.8) is 0 Å². The minimum Gasteiger partial charge on any atom is -0.345 e. The van der Waals surface area contributed by atoms with Gasteiger partial charge in [-0.3, -0.25) is 18.9 Å². The van der Waals surface area contributed by atoms with E-state index in [1.165, 1.54) is 30.4 Å². The Labute approximate surface area is 208 Å². The van der Waals surface area contributed by atoms with E-state index in [1.54, 1.807) is 12.1 Å². The van der Waals surface area contributed by atoms with E-state index in [0.29, 0.717) is 12.8 Å². The maximum atomic E-state index is 13.3. The third-order valence-electron chi connectivity index (χ3n) is 5.16. The molecule has 1 aromatic heterocycles. The van der Waals surface area contributed by atoms with Gasteiger partial charge >= 0.3 is 10.3 Å². The number of nitrogens with zero attached hydrogens (tertiary/aromatic N) is 1. The molecular formula is C24H28N4O5S2. The van der Waals surface area contributed by atoms with E-state index in [9.17, 15) is 18.0 Å². The molecular weight excluding hydrogens is 488 g/mol. The molecule has 1 heterocycles. The zero-order valence-electron chi connectivity index (χ0n) is 19.4. The molecule has 0 aliphatic rings. The van der Waals surface area contributed by atoms with Gasteiger partial charge in [0, 0.05) is 18.7 Å². The first kappa shape index (κ1) is 26.3. The summed E-state index contributed by atoms with van der Waals surface area (Å²) in [5.41, 5.74) is 2.87. The van der Waals surface area contributed by atoms with Crippen molar-refractivity contribution in [3.05, 3.63) is 81.8 Å². The maximum absolute atomic E-state index is 13.3. The van der Waals surface area contributed by atoms with Gasteiger partial charge in [-0.2, -0.15) is 8.42 Å². The molecule has 1 unspecified atom stereocenters. The highest BCUT2D eigenvalue weighted by Gasteiger charge is 2.25. The van der Waals surface area contributed by atoms with Crippen molar-refractivity contribution < 1.29 is 22.6 Å². The summed E-state index contributed by atoms with van der Waals surface area (Å²) >= 11 is 1.45. The minimum atomic E-state index is -4.37. The topological polar surface area (TPSA) is 137 Å². The number of hydrogen-bond donors (Lipinski definition) is 4. The van der Waals surface area contributed by atoms with Crippen LogP contribution in [-0.4, -0.2) is 35.8 Å². The van der Waals surface area contributed by atoms with Crippen molar-refractivity contribution in [1.82, 2.24) is 15.6 Å². The summed E-state index contributed by atoms with van der Waals surface area (Å²) in [6.07, 6.45) is 1.50. The molecule has 0 aliphatic carbocycles. The molecule has 0 fully saturated rings. The van der Waals surface area contributed by atoms with Gasteiger partial charge in [0.1, 0.15) is 11.0 Å². The van der Waals surface area contributed by atoms with Crippen LogP contribution in [0, 0.1) is 0 Å². The van der Waals surface area contributed by atoms with Gasteiger partial charge in [0.15, 0.2) is 0 Å². The van der Waals surface area contributed by atoms with Crippen LogP contribution < -0.4 is 15.4 Å². The Hall–Kier alpha value is -3.28. The number of carbonyl (C=O) groups excluding carboxylic acids is 2. The zero-order valence-corrected chi connectivity index (χ0v) is 21.0. The van der Waals surface area contributed by atoms with E-state index in [2.05, 4.69) is 15.6 Å². The summed E-state index contributed by atoms with van der Waals surface area (Å²) in [5.74, 6) is -0.631. The van der Waals surface area contributed by atoms with Crippen LogP contribution in [0.2, 0.25) is 0 Å². The van der Waals surface area contributed by atoms with Crippen molar-refractivity contribution >= 4 is 39.1 Å². The second-order valence-electron chi connectivity index (χ2n) is 8.01. The number of amides is 2. The van der Waals surface area contributed by atoms with E-state index < -0.39 is 22.4 Å². The summed E-state index contributed by atoms with van der Waals surface area (Å²) in [5, 5.41) is 8.46. The van der Waals surface area contributed by atoms with Crippen LogP contribution in [0.25, 0.3) is 0 Å². The fourth-order valence-corrected chi connectivity index (χ4v) is 4.90. The molecule has 0 aliphatic heterocycles. The molecule has 0 saturated carbocycles. The molecule has 9 nitrogen and oxygen atoms in total. The van der Waals surface area contributed by atoms with Crippen molar-refractivity contribution in [1.29, 1.82) is 0 Å². The fourth-order valence-electron chi connectivity index (χ4n) is 3.52. The highest BCUT2D eigenvalue weighted by molar-refractivity contribution is 7.87. The van der Waals surface area contributed by atoms with Crippen LogP contribution >= 0.6 is 11.3 Å². The average Bonchev–Trinajstić information content (AvgIpc) is 3.28. The van der Waals surface area contributed by atoms with Crippen LogP contribution in [-0.2, 0) is 39.2 Å². The predicted molar refractivity (Wildman–Crippen MR) is 135 cm³/mol. The minimum absolute atomic E-state index is 0.216. The molecule has 0 spiro atoms. The SMILES string of the molecule is CCc1csc([C@H](Cc2ccc(NS(=O)(=O)O)cc2)NC(=O)C(Cc2ccccc2)NC(C)=O)n1. The van der Waals surface area contributed by atoms with Crippen LogP contribution in [0.3, 0.4) is 0 Å². The molecule has 2 amide bonds. The first-order chi connectivity index (χ1) is 16.6. The molecule has 35 heavy (non-hydrogen) atoms. The summed E-state index contributed by atoms with van der Waals surface area (Å²) < 4.78 is 33.0. The molecule has 4 N–H and O–H groups in total. The number of aromatic nitrogens is 1. The van der Waals surface area contributed by atoms with Gasteiger partial charge in [0.25, 0.3) is 0 Å². The van der Waals surface area contributed by atoms with Gasteiger partial charge in [-0.05, 0) is 36.1 Å². The molecule has 0 radical (unpaired) electrons. The van der Waals surface area contributed by atoms with E-state index in [-0.39, 0.29) is 17.5 Å². The van der Waals surface area contributed by atoms with Crippen molar-refractivity contribution in [2.75, 3.05) is 4.72 Å². The maximum Gasteiger partial charge on any atom is 0.357 e. The standard InChI is InChI=1S/C24H28N4O5S2/c1-3-19-15-34-24(26-19)22(14-18-9-11-20(12-10-18)28-35(31,32)33)27-23(30)21(25-16(2)29)13-17-7-5-4-6-8-17/h4-12,15,21-22,28H,3,13-14H2,1-2H3,(H,25,29)(H,27,30)(H,31,32,33)/t21?,22-/m0/s1. The third-order valence-corrected chi connectivity index (χ3v) is 6.66. The summed E-state index contributed by atoms with van der Waals surface area (Å²) in [4.78, 5) is 29.7. The van der Waals surface area contributed by atoms with Crippen LogP contribution in [0.5, 0.6) is 0 Å². The van der Waals surface area contributed by atoms with Gasteiger partial charge in [0.05, 0.1) is 17.4 Å². The number of nitrogens with one attached hydrogen (secondary N) is 3. The molecule has 0 saturated heterocycles. The Morgan fingerprint density at radius 1 is 1.00 bits per heavy atom. The molecule has 2 atom stereocenters. The van der Waals surface area contributed by atoms with E-state index in [0.717, 1.165) is 28.2 Å². The van der Waals surface area contributed by atoms with Crippen LogP contribution in [0.4, 0.5) is 5.69 Å². The highest BCUT2D eigenvalue weighted by atomic mass is 32.2. The monoisotopic (exact) mass is 516 g/mol. The average molecular weight is 517 g/mol. The lowest BCUT2D eigenvalue weighted by atomic mass is 10.0. The smallest absolute Gasteiger partial charge is 0.345 e. The fraction of sp³-hybridized carbons (Fsp3) is 0.292. The number of anilines is 1. The van der Waals surface area contributed by atoms with E-state index in [1.807, 2.05) is 47.4 Å². The number of aryl methyl sites for hydroxylation is 1. The first-order valence-corrected chi connectivity index (χ1v) is 13.3. The normalized spacial score (nSPS) is 13.0. The Balaban J connectivity index is 1.81. The number of rotatable bonds is 11. The summed E-state index contributed by atoms with van der Waals surface area (Å²) in [7, 11) is -4.37. The first-order valence-electron chi connectivity index (χ1n) is 11.0. The van der Waals surface area contributed by atoms with Gasteiger partial charge in [0.2, 0.25) is 11.8 Å². The summed E-state index contributed by atoms with van der Waals surface area (Å²) in [6, 6.07) is 14.7. The second-order valence-corrected chi connectivity index (χ2v) is 10.1. The third kappa shape index (κ3) is 8.46. The number of thiazole rings is 1. The van der Waals surface area contributed by atoms with E-state index in [4.69, 9.17) is 4.55 Å². The molecule has 186 valence electrons. The number of benzene rings is 2. The number of carbonyl (C=O) groups is 2. The van der Waals surface area contributed by atoms with Gasteiger partial charge in [-0.1, -0.05) is 49.4 Å². The summed E-state index contributed by atoms with van der Waals surface area (Å²) in [6.45, 7) is 3.37. The van der Waals surface area contributed by atoms with E-state index >= 15 is 0 Å². The Morgan fingerprint density at radius 2 is 1.66 bits per heavy atom. The van der Waals surface area contributed by atoms with Crippen molar-refractivity contribution in [3.8, 4) is 0 Å². The van der Waals surface area contributed by atoms with Crippen molar-refractivity contribution in [2.24, 2.45) is 0 Å². The van der Waals surface area contributed by atoms with Crippen LogP contribution in [0.15, 0.2) is 60.0 Å². The lowest BCUT2D eigenvalue weighted by Crippen LogP contribution is -2.48. The molecule has 3 aromatic rings. The Morgan fingerprint density at radius 3 is 2.23 bits per heavy atom. The predicted octanol–water partition coefficient (Wildman–Crippen LogP) is 3.07. The molecule has 3 rings (SSSR count).